The number of likely N-dealkylation sites (tertiary alicyclic amines) is 1. The van der Waals surface area contributed by atoms with Gasteiger partial charge in [0.05, 0.1) is 7.11 Å². The van der Waals surface area contributed by atoms with Crippen LogP contribution in [0.5, 0.6) is 5.75 Å². The van der Waals surface area contributed by atoms with Gasteiger partial charge < -0.3 is 15.0 Å². The lowest BCUT2D eigenvalue weighted by molar-refractivity contribution is 0.0737. The molecule has 1 fully saturated rings. The maximum Gasteiger partial charge on any atom is 0.254 e. The fraction of sp³-hybridized carbons (Fsp3) is 0.350. The first-order valence-corrected chi connectivity index (χ1v) is 8.43. The van der Waals surface area contributed by atoms with Crippen LogP contribution >= 0.6 is 0 Å². The number of hydrogen-bond donors (Lipinski definition) is 1. The molecule has 3 rings (SSSR count). The summed E-state index contributed by atoms with van der Waals surface area (Å²) in [6, 6.07) is 16.0. The first kappa shape index (κ1) is 16.5. The maximum absolute atomic E-state index is 13.0. The van der Waals surface area contributed by atoms with Gasteiger partial charge in [0.15, 0.2) is 0 Å². The highest BCUT2D eigenvalue weighted by Crippen LogP contribution is 2.31. The summed E-state index contributed by atoms with van der Waals surface area (Å²) >= 11 is 0. The minimum absolute atomic E-state index is 0.104. The van der Waals surface area contributed by atoms with Crippen LogP contribution in [0.2, 0.25) is 0 Å². The molecular formula is C20H24N2O2. The molecular weight excluding hydrogens is 300 g/mol. The number of nitrogens with one attached hydrogen (secondary N) is 1. The minimum Gasteiger partial charge on any atom is -0.496 e. The lowest BCUT2D eigenvalue weighted by atomic mass is 10.0. The second-order valence-corrected chi connectivity index (χ2v) is 6.13. The van der Waals surface area contributed by atoms with Gasteiger partial charge in [-0.15, -0.1) is 0 Å². The van der Waals surface area contributed by atoms with Gasteiger partial charge >= 0.3 is 0 Å². The average molecular weight is 324 g/mol. The number of nitrogens with zero attached hydrogens (tertiary/aromatic N) is 1. The molecule has 2 aromatic carbocycles. The fourth-order valence-electron chi connectivity index (χ4n) is 3.40. The molecule has 0 spiro atoms. The summed E-state index contributed by atoms with van der Waals surface area (Å²) in [4.78, 5) is 15.0. The largest absolute Gasteiger partial charge is 0.496 e. The van der Waals surface area contributed by atoms with Crippen molar-refractivity contribution in [3.63, 3.8) is 0 Å². The van der Waals surface area contributed by atoms with E-state index >= 15 is 0 Å². The zero-order valence-corrected chi connectivity index (χ0v) is 14.3. The van der Waals surface area contributed by atoms with Gasteiger partial charge in [-0.05, 0) is 43.7 Å². The van der Waals surface area contributed by atoms with Crippen LogP contribution in [0.1, 0.15) is 23.2 Å². The van der Waals surface area contributed by atoms with Crippen LogP contribution in [0.3, 0.4) is 0 Å². The molecule has 1 aliphatic heterocycles. The Balaban J connectivity index is 1.93. The zero-order valence-electron chi connectivity index (χ0n) is 14.3. The SMILES string of the molecule is CNC[C@@H]1CCCN1C(=O)c1ccc(OC)c(-c2ccccc2)c1. The molecule has 0 bridgehead atoms. The highest BCUT2D eigenvalue weighted by Gasteiger charge is 2.29. The summed E-state index contributed by atoms with van der Waals surface area (Å²) in [5, 5.41) is 3.19. The Morgan fingerprint density at radius 2 is 2.04 bits per heavy atom. The van der Waals surface area contributed by atoms with E-state index in [1.54, 1.807) is 7.11 Å². The smallest absolute Gasteiger partial charge is 0.254 e. The van der Waals surface area contributed by atoms with Crippen molar-refractivity contribution in [3.8, 4) is 16.9 Å². The van der Waals surface area contributed by atoms with E-state index in [1.807, 2.05) is 60.5 Å². The molecule has 0 aliphatic carbocycles. The molecule has 24 heavy (non-hydrogen) atoms. The Bertz CT molecular complexity index is 700. The molecule has 4 heteroatoms. The van der Waals surface area contributed by atoms with E-state index in [1.165, 1.54) is 0 Å². The number of hydrogen-bond acceptors (Lipinski definition) is 3. The van der Waals surface area contributed by atoms with Crippen LogP contribution in [0.25, 0.3) is 11.1 Å². The number of benzene rings is 2. The van der Waals surface area contributed by atoms with Crippen molar-refractivity contribution in [3.05, 3.63) is 54.1 Å². The summed E-state index contributed by atoms with van der Waals surface area (Å²) in [6.07, 6.45) is 2.13. The summed E-state index contributed by atoms with van der Waals surface area (Å²) in [7, 11) is 3.59. The number of likely N-dealkylation sites (N-methyl/N-ethyl adjacent to an activating group) is 1. The van der Waals surface area contributed by atoms with Crippen molar-refractivity contribution >= 4 is 5.91 Å². The maximum atomic E-state index is 13.0. The third-order valence-electron chi connectivity index (χ3n) is 4.61. The average Bonchev–Trinajstić information content (AvgIpc) is 3.10. The van der Waals surface area contributed by atoms with Gasteiger partial charge in [-0.1, -0.05) is 30.3 Å². The van der Waals surface area contributed by atoms with E-state index in [9.17, 15) is 4.79 Å². The predicted molar refractivity (Wildman–Crippen MR) is 96.4 cm³/mol. The quantitative estimate of drug-likeness (QED) is 0.918. The van der Waals surface area contributed by atoms with E-state index in [4.69, 9.17) is 4.74 Å². The second-order valence-electron chi connectivity index (χ2n) is 6.13. The Kier molecular flexibility index (Phi) is 5.16. The lowest BCUT2D eigenvalue weighted by Gasteiger charge is -2.25. The van der Waals surface area contributed by atoms with Gasteiger partial charge in [-0.25, -0.2) is 0 Å². The molecule has 1 amide bonds. The lowest BCUT2D eigenvalue weighted by Crippen LogP contribution is -2.40. The molecule has 1 N–H and O–H groups in total. The Labute approximate surface area is 143 Å². The fourth-order valence-corrected chi connectivity index (χ4v) is 3.40. The van der Waals surface area contributed by atoms with Crippen molar-refractivity contribution < 1.29 is 9.53 Å². The van der Waals surface area contributed by atoms with E-state index in [0.717, 1.165) is 48.4 Å². The van der Waals surface area contributed by atoms with Crippen molar-refractivity contribution in [2.24, 2.45) is 0 Å². The van der Waals surface area contributed by atoms with Crippen molar-refractivity contribution in [2.45, 2.75) is 18.9 Å². The van der Waals surface area contributed by atoms with Crippen LogP contribution in [0, 0.1) is 0 Å². The third kappa shape index (κ3) is 3.29. The number of ether oxygens (including phenoxy) is 1. The highest BCUT2D eigenvalue weighted by atomic mass is 16.5. The summed E-state index contributed by atoms with van der Waals surface area (Å²) < 4.78 is 5.48. The summed E-state index contributed by atoms with van der Waals surface area (Å²) in [5.41, 5.74) is 2.73. The van der Waals surface area contributed by atoms with Crippen LogP contribution in [0.4, 0.5) is 0 Å². The first-order chi connectivity index (χ1) is 11.7. The highest BCUT2D eigenvalue weighted by molar-refractivity contribution is 5.96. The molecule has 1 aliphatic rings. The molecule has 0 aromatic heterocycles. The number of carbonyl (C=O) groups excluding carboxylic acids is 1. The molecule has 1 atom stereocenters. The second kappa shape index (κ2) is 7.49. The summed E-state index contributed by atoms with van der Waals surface area (Å²) in [5.74, 6) is 0.888. The predicted octanol–water partition coefficient (Wildman–Crippen LogP) is 3.19. The van der Waals surface area contributed by atoms with Gasteiger partial charge in [0.1, 0.15) is 5.75 Å². The first-order valence-electron chi connectivity index (χ1n) is 8.43. The van der Waals surface area contributed by atoms with Crippen LogP contribution in [0.15, 0.2) is 48.5 Å². The Morgan fingerprint density at radius 3 is 2.75 bits per heavy atom. The van der Waals surface area contributed by atoms with E-state index in [2.05, 4.69) is 5.32 Å². The molecule has 1 heterocycles. The molecule has 1 saturated heterocycles. The Morgan fingerprint density at radius 1 is 1.25 bits per heavy atom. The molecule has 4 nitrogen and oxygen atoms in total. The number of rotatable bonds is 5. The van der Waals surface area contributed by atoms with Gasteiger partial charge in [-0.3, -0.25) is 4.79 Å². The zero-order chi connectivity index (χ0) is 16.9. The summed E-state index contributed by atoms with van der Waals surface area (Å²) in [6.45, 7) is 1.67. The third-order valence-corrected chi connectivity index (χ3v) is 4.61. The van der Waals surface area contributed by atoms with Gasteiger partial charge in [-0.2, -0.15) is 0 Å². The standard InChI is InChI=1S/C20H24N2O2/c1-21-14-17-9-6-12-22(17)20(23)16-10-11-19(24-2)18(13-16)15-7-4-3-5-8-15/h3-5,7-8,10-11,13,17,21H,6,9,12,14H2,1-2H3/t17-/m0/s1. The minimum atomic E-state index is 0.104. The van der Waals surface area contributed by atoms with Crippen molar-refractivity contribution in [1.82, 2.24) is 10.2 Å². The van der Waals surface area contributed by atoms with Crippen LogP contribution in [-0.2, 0) is 0 Å². The monoisotopic (exact) mass is 324 g/mol. The van der Waals surface area contributed by atoms with Gasteiger partial charge in [0.2, 0.25) is 0 Å². The van der Waals surface area contributed by atoms with Crippen molar-refractivity contribution in [2.75, 3.05) is 27.2 Å². The van der Waals surface area contributed by atoms with Crippen LogP contribution in [-0.4, -0.2) is 44.1 Å². The van der Waals surface area contributed by atoms with Gasteiger partial charge in [0.25, 0.3) is 5.91 Å². The van der Waals surface area contributed by atoms with Gasteiger partial charge in [0, 0.05) is 30.3 Å². The molecule has 2 aromatic rings. The number of carbonyl (C=O) groups is 1. The Hall–Kier alpha value is -2.33. The van der Waals surface area contributed by atoms with Crippen molar-refractivity contribution in [1.29, 1.82) is 0 Å². The number of amides is 1. The molecule has 0 unspecified atom stereocenters. The molecule has 0 saturated carbocycles. The van der Waals surface area contributed by atoms with E-state index < -0.39 is 0 Å². The molecule has 0 radical (unpaired) electrons. The topological polar surface area (TPSA) is 41.6 Å². The van der Waals surface area contributed by atoms with Crippen LogP contribution < -0.4 is 10.1 Å². The molecule has 126 valence electrons. The number of methoxy groups -OCH3 is 1. The van der Waals surface area contributed by atoms with E-state index in [0.29, 0.717) is 0 Å². The normalized spacial score (nSPS) is 17.1. The van der Waals surface area contributed by atoms with E-state index in [-0.39, 0.29) is 11.9 Å².